The van der Waals surface area contributed by atoms with Gasteiger partial charge in [-0.15, -0.1) is 0 Å². The number of piperidine rings is 1. The summed E-state index contributed by atoms with van der Waals surface area (Å²) in [6.45, 7) is 8.49. The first-order valence-electron chi connectivity index (χ1n) is 9.26. The molecular formula is C20H27N3O5. The molecule has 8 nitrogen and oxygen atoms in total. The monoisotopic (exact) mass is 389 g/mol. The molecule has 2 rings (SSSR count). The number of carbonyl (C=O) groups excluding carboxylic acids is 2. The fourth-order valence-corrected chi connectivity index (χ4v) is 2.86. The maximum atomic E-state index is 12.3. The van der Waals surface area contributed by atoms with Crippen molar-refractivity contribution in [3.63, 3.8) is 0 Å². The zero-order valence-electron chi connectivity index (χ0n) is 16.7. The van der Waals surface area contributed by atoms with Gasteiger partial charge in [0.15, 0.2) is 0 Å². The number of benzene rings is 1. The van der Waals surface area contributed by atoms with E-state index in [4.69, 9.17) is 4.74 Å². The number of nitro benzene ring substituents is 1. The van der Waals surface area contributed by atoms with E-state index in [1.54, 1.807) is 23.1 Å². The third-order valence-electron chi connectivity index (χ3n) is 4.47. The van der Waals surface area contributed by atoms with Gasteiger partial charge in [-0.3, -0.25) is 14.9 Å². The summed E-state index contributed by atoms with van der Waals surface area (Å²) < 4.78 is 5.41. The van der Waals surface area contributed by atoms with Crippen LogP contribution < -0.4 is 5.32 Å². The number of carbonyl (C=O) groups is 2. The van der Waals surface area contributed by atoms with Crippen LogP contribution in [0.15, 0.2) is 30.3 Å². The topological polar surface area (TPSA) is 102 Å². The van der Waals surface area contributed by atoms with Gasteiger partial charge in [0.1, 0.15) is 5.60 Å². The van der Waals surface area contributed by atoms with Crippen LogP contribution >= 0.6 is 0 Å². The molecule has 0 spiro atoms. The number of ether oxygens (including phenoxy) is 1. The number of likely N-dealkylation sites (tertiary alicyclic amines) is 1. The molecule has 1 aliphatic rings. The Bertz CT molecular complexity index is 752. The predicted molar refractivity (Wildman–Crippen MR) is 106 cm³/mol. The van der Waals surface area contributed by atoms with Gasteiger partial charge in [-0.1, -0.05) is 6.92 Å². The van der Waals surface area contributed by atoms with Crippen LogP contribution in [0.5, 0.6) is 0 Å². The van der Waals surface area contributed by atoms with E-state index in [1.807, 2.05) is 27.7 Å². The molecule has 1 aliphatic heterocycles. The van der Waals surface area contributed by atoms with Gasteiger partial charge in [-0.05, 0) is 56.9 Å². The van der Waals surface area contributed by atoms with Crippen LogP contribution in [0.4, 0.5) is 10.5 Å². The molecule has 0 aliphatic carbocycles. The number of nitrogens with one attached hydrogen (secondary N) is 1. The molecule has 1 heterocycles. The summed E-state index contributed by atoms with van der Waals surface area (Å²) >= 11 is 0. The predicted octanol–water partition coefficient (Wildman–Crippen LogP) is 3.37. The first-order chi connectivity index (χ1) is 13.0. The van der Waals surface area contributed by atoms with E-state index >= 15 is 0 Å². The number of hydrogen-bond donors (Lipinski definition) is 1. The van der Waals surface area contributed by atoms with Crippen LogP contribution in [0.2, 0.25) is 0 Å². The molecule has 1 fully saturated rings. The summed E-state index contributed by atoms with van der Waals surface area (Å²) in [5.41, 5.74) is 0.125. The summed E-state index contributed by atoms with van der Waals surface area (Å²) in [7, 11) is 0. The lowest BCUT2D eigenvalue weighted by Gasteiger charge is -2.37. The highest BCUT2D eigenvalue weighted by Gasteiger charge is 2.31. The Morgan fingerprint density at radius 2 is 1.93 bits per heavy atom. The van der Waals surface area contributed by atoms with Crippen LogP contribution in [0.1, 0.15) is 39.7 Å². The smallest absolute Gasteiger partial charge is 0.410 e. The maximum Gasteiger partial charge on any atom is 0.410 e. The Balaban J connectivity index is 1.93. The van der Waals surface area contributed by atoms with Crippen molar-refractivity contribution in [2.45, 2.75) is 45.8 Å². The number of nitro groups is 1. The Morgan fingerprint density at radius 1 is 1.29 bits per heavy atom. The van der Waals surface area contributed by atoms with Crippen molar-refractivity contribution in [1.82, 2.24) is 10.2 Å². The first kappa shape index (κ1) is 21.4. The highest BCUT2D eigenvalue weighted by Crippen LogP contribution is 2.20. The van der Waals surface area contributed by atoms with Crippen molar-refractivity contribution in [2.24, 2.45) is 5.92 Å². The zero-order valence-corrected chi connectivity index (χ0v) is 16.7. The Labute approximate surface area is 164 Å². The van der Waals surface area contributed by atoms with Gasteiger partial charge in [-0.2, -0.15) is 0 Å². The van der Waals surface area contributed by atoms with Crippen molar-refractivity contribution in [1.29, 1.82) is 0 Å². The van der Waals surface area contributed by atoms with Crippen LogP contribution in [0.3, 0.4) is 0 Å². The van der Waals surface area contributed by atoms with Crippen LogP contribution in [-0.2, 0) is 9.53 Å². The standard InChI is InChI=1S/C20H27N3O5/c1-14-11-12-22(19(25)28-20(2,3)4)13-17(14)21-18(24)10-7-15-5-8-16(9-6-15)23(26)27/h5-10,14,17H,11-13H2,1-4H3,(H,21,24)/b10-7+. The van der Waals surface area contributed by atoms with Gasteiger partial charge in [-0.25, -0.2) is 4.79 Å². The number of hydrogen-bond acceptors (Lipinski definition) is 5. The van der Waals surface area contributed by atoms with Crippen LogP contribution in [0.25, 0.3) is 6.08 Å². The summed E-state index contributed by atoms with van der Waals surface area (Å²) in [6.07, 6.45) is 3.38. The normalized spacial score (nSPS) is 20.1. The number of amides is 2. The molecule has 152 valence electrons. The molecule has 1 saturated heterocycles. The minimum atomic E-state index is -0.563. The van der Waals surface area contributed by atoms with Crippen molar-refractivity contribution < 1.29 is 19.2 Å². The van der Waals surface area contributed by atoms with E-state index in [1.165, 1.54) is 18.2 Å². The summed E-state index contributed by atoms with van der Waals surface area (Å²) in [5.74, 6) is -0.0448. The molecule has 0 saturated carbocycles. The Hall–Kier alpha value is -2.90. The highest BCUT2D eigenvalue weighted by atomic mass is 16.6. The van der Waals surface area contributed by atoms with Gasteiger partial charge in [0.05, 0.1) is 4.92 Å². The van der Waals surface area contributed by atoms with Crippen molar-refractivity contribution in [3.05, 3.63) is 46.0 Å². The van der Waals surface area contributed by atoms with Crippen LogP contribution in [-0.4, -0.2) is 46.6 Å². The second-order valence-electron chi connectivity index (χ2n) is 7.99. The van der Waals surface area contributed by atoms with Gasteiger partial charge < -0.3 is 15.0 Å². The molecule has 1 N–H and O–H groups in total. The average molecular weight is 389 g/mol. The van der Waals surface area contributed by atoms with Crippen molar-refractivity contribution >= 4 is 23.8 Å². The van der Waals surface area contributed by atoms with Gasteiger partial charge in [0.2, 0.25) is 5.91 Å². The number of non-ortho nitro benzene ring substituents is 1. The highest BCUT2D eigenvalue weighted by molar-refractivity contribution is 5.92. The maximum absolute atomic E-state index is 12.3. The molecule has 2 unspecified atom stereocenters. The fourth-order valence-electron chi connectivity index (χ4n) is 2.86. The van der Waals surface area contributed by atoms with Crippen molar-refractivity contribution in [3.8, 4) is 0 Å². The van der Waals surface area contributed by atoms with Gasteiger partial charge in [0.25, 0.3) is 5.69 Å². The molecule has 1 aromatic carbocycles. The summed E-state index contributed by atoms with van der Waals surface area (Å²) in [6, 6.07) is 5.76. The Morgan fingerprint density at radius 3 is 2.50 bits per heavy atom. The lowest BCUT2D eigenvalue weighted by atomic mass is 9.93. The molecule has 28 heavy (non-hydrogen) atoms. The van der Waals surface area contributed by atoms with E-state index in [-0.39, 0.29) is 29.6 Å². The van der Waals surface area contributed by atoms with Gasteiger partial charge >= 0.3 is 6.09 Å². The second kappa shape index (κ2) is 8.86. The summed E-state index contributed by atoms with van der Waals surface area (Å²) in [5, 5.41) is 13.6. The van der Waals surface area contributed by atoms with Crippen molar-refractivity contribution in [2.75, 3.05) is 13.1 Å². The van der Waals surface area contributed by atoms with E-state index in [9.17, 15) is 19.7 Å². The quantitative estimate of drug-likeness (QED) is 0.483. The average Bonchev–Trinajstić information content (AvgIpc) is 2.60. The summed E-state index contributed by atoms with van der Waals surface area (Å²) in [4.78, 5) is 36.4. The largest absolute Gasteiger partial charge is 0.444 e. The molecule has 0 bridgehead atoms. The minimum Gasteiger partial charge on any atom is -0.444 e. The van der Waals surface area contributed by atoms with E-state index in [0.717, 1.165) is 6.42 Å². The SMILES string of the molecule is CC1CCN(C(=O)OC(C)(C)C)CC1NC(=O)/C=C/c1ccc([N+](=O)[O-])cc1. The van der Waals surface area contributed by atoms with E-state index in [0.29, 0.717) is 18.7 Å². The minimum absolute atomic E-state index is 0.000124. The fraction of sp³-hybridized carbons (Fsp3) is 0.500. The second-order valence-corrected chi connectivity index (χ2v) is 7.99. The lowest BCUT2D eigenvalue weighted by molar-refractivity contribution is -0.384. The third kappa shape index (κ3) is 6.37. The molecule has 2 atom stereocenters. The molecular weight excluding hydrogens is 362 g/mol. The Kier molecular flexibility index (Phi) is 6.77. The lowest BCUT2D eigenvalue weighted by Crippen LogP contribution is -2.53. The molecule has 0 aromatic heterocycles. The van der Waals surface area contributed by atoms with Gasteiger partial charge in [0, 0.05) is 37.3 Å². The zero-order chi connectivity index (χ0) is 20.9. The number of rotatable bonds is 4. The van der Waals surface area contributed by atoms with Crippen LogP contribution in [0, 0.1) is 16.0 Å². The number of nitrogens with zero attached hydrogens (tertiary/aromatic N) is 2. The first-order valence-corrected chi connectivity index (χ1v) is 9.26. The van der Waals surface area contributed by atoms with E-state index < -0.39 is 10.5 Å². The molecule has 0 radical (unpaired) electrons. The molecule has 1 aromatic rings. The third-order valence-corrected chi connectivity index (χ3v) is 4.47. The van der Waals surface area contributed by atoms with E-state index in [2.05, 4.69) is 5.32 Å². The molecule has 2 amide bonds. The molecule has 8 heteroatoms.